The summed E-state index contributed by atoms with van der Waals surface area (Å²) >= 11 is 5.81. The van der Waals surface area contributed by atoms with Gasteiger partial charge in [0.2, 0.25) is 0 Å². The Labute approximate surface area is 161 Å². The SMILES string of the molecule is C[C@H](CCCN=[N+]=[N-])N(c1cc(F)ccc1F)S(=O)(=O)c1ccc(Cl)cc1. The fraction of sp³-hybridized carbons (Fsp3) is 0.294. The van der Waals surface area contributed by atoms with Gasteiger partial charge in [0.1, 0.15) is 11.6 Å². The zero-order valence-corrected chi connectivity index (χ0v) is 16.0. The molecule has 27 heavy (non-hydrogen) atoms. The molecule has 0 aromatic heterocycles. The van der Waals surface area contributed by atoms with Gasteiger partial charge >= 0.3 is 0 Å². The Morgan fingerprint density at radius 2 is 1.89 bits per heavy atom. The van der Waals surface area contributed by atoms with Crippen LogP contribution in [-0.4, -0.2) is 21.0 Å². The molecule has 0 aliphatic heterocycles. The van der Waals surface area contributed by atoms with Gasteiger partial charge in [0.05, 0.1) is 10.6 Å². The number of sulfonamides is 1. The number of benzene rings is 2. The average Bonchev–Trinajstić information content (AvgIpc) is 2.62. The lowest BCUT2D eigenvalue weighted by molar-refractivity contribution is 0.552. The van der Waals surface area contributed by atoms with E-state index in [-0.39, 0.29) is 23.5 Å². The van der Waals surface area contributed by atoms with Gasteiger partial charge in [-0.05, 0) is 61.7 Å². The van der Waals surface area contributed by atoms with Crippen molar-refractivity contribution in [3.05, 3.63) is 69.6 Å². The largest absolute Gasteiger partial charge is 0.264 e. The molecule has 0 spiro atoms. The summed E-state index contributed by atoms with van der Waals surface area (Å²) < 4.78 is 55.2. The van der Waals surface area contributed by atoms with E-state index >= 15 is 0 Å². The van der Waals surface area contributed by atoms with E-state index in [1.165, 1.54) is 24.3 Å². The molecule has 0 saturated heterocycles. The molecule has 0 N–H and O–H groups in total. The first-order chi connectivity index (χ1) is 12.8. The van der Waals surface area contributed by atoms with E-state index in [0.29, 0.717) is 11.4 Å². The highest BCUT2D eigenvalue weighted by Crippen LogP contribution is 2.31. The molecule has 0 aliphatic rings. The van der Waals surface area contributed by atoms with E-state index in [1.54, 1.807) is 6.92 Å². The Kier molecular flexibility index (Phi) is 7.01. The number of nitrogens with zero attached hydrogens (tertiary/aromatic N) is 4. The molecule has 0 amide bonds. The maximum absolute atomic E-state index is 14.4. The standard InChI is InChI=1S/C17H17ClF2N4O2S/c1-12(3-2-10-22-23-21)24(17-11-14(19)6-9-16(17)20)27(25,26)15-7-4-13(18)5-8-15/h4-9,11-12H,2-3,10H2,1H3/t12-/m1/s1. The van der Waals surface area contributed by atoms with Gasteiger partial charge in [-0.25, -0.2) is 17.2 Å². The quantitative estimate of drug-likeness (QED) is 0.254. The van der Waals surface area contributed by atoms with Crippen molar-refractivity contribution < 1.29 is 17.2 Å². The third kappa shape index (κ3) is 5.09. The Balaban J connectivity index is 2.49. The summed E-state index contributed by atoms with van der Waals surface area (Å²) in [4.78, 5) is 2.54. The van der Waals surface area contributed by atoms with Crippen LogP contribution in [0.1, 0.15) is 19.8 Å². The maximum Gasteiger partial charge on any atom is 0.264 e. The number of hydrogen-bond donors (Lipinski definition) is 0. The van der Waals surface area contributed by atoms with Gasteiger partial charge in [0.15, 0.2) is 0 Å². The van der Waals surface area contributed by atoms with Crippen LogP contribution in [0.15, 0.2) is 52.5 Å². The van der Waals surface area contributed by atoms with Gasteiger partial charge in [-0.1, -0.05) is 16.7 Å². The highest BCUT2D eigenvalue weighted by atomic mass is 35.5. The molecule has 0 unspecified atom stereocenters. The summed E-state index contributed by atoms with van der Waals surface area (Å²) in [5.74, 6) is -1.63. The first kappa shape index (κ1) is 21.0. The Morgan fingerprint density at radius 3 is 2.52 bits per heavy atom. The third-order valence-electron chi connectivity index (χ3n) is 3.86. The van der Waals surface area contributed by atoms with Gasteiger partial charge in [-0.2, -0.15) is 0 Å². The minimum atomic E-state index is -4.19. The lowest BCUT2D eigenvalue weighted by atomic mass is 10.1. The normalized spacial score (nSPS) is 12.3. The van der Waals surface area contributed by atoms with E-state index in [9.17, 15) is 17.2 Å². The highest BCUT2D eigenvalue weighted by molar-refractivity contribution is 7.92. The van der Waals surface area contributed by atoms with E-state index in [0.717, 1.165) is 22.5 Å². The summed E-state index contributed by atoms with van der Waals surface area (Å²) in [5, 5.41) is 3.75. The van der Waals surface area contributed by atoms with E-state index < -0.39 is 27.7 Å². The van der Waals surface area contributed by atoms with Crippen LogP contribution in [0.3, 0.4) is 0 Å². The second kappa shape index (κ2) is 9.03. The van der Waals surface area contributed by atoms with Crippen molar-refractivity contribution in [2.24, 2.45) is 5.11 Å². The first-order valence-electron chi connectivity index (χ1n) is 8.03. The van der Waals surface area contributed by atoms with E-state index in [1.807, 2.05) is 0 Å². The number of rotatable bonds is 8. The van der Waals surface area contributed by atoms with Crippen molar-refractivity contribution in [1.29, 1.82) is 0 Å². The molecule has 0 bridgehead atoms. The Hall–Kier alpha value is -2.35. The van der Waals surface area contributed by atoms with Gasteiger partial charge in [-0.3, -0.25) is 4.31 Å². The summed E-state index contributed by atoms with van der Waals surface area (Å²) in [6.07, 6.45) is 0.663. The molecule has 144 valence electrons. The molecule has 2 aromatic carbocycles. The zero-order chi connectivity index (χ0) is 20.0. The van der Waals surface area contributed by atoms with Crippen molar-refractivity contribution >= 4 is 27.3 Å². The van der Waals surface area contributed by atoms with Crippen LogP contribution in [-0.2, 0) is 10.0 Å². The van der Waals surface area contributed by atoms with Crippen molar-refractivity contribution in [2.45, 2.75) is 30.7 Å². The van der Waals surface area contributed by atoms with Gasteiger partial charge in [-0.15, -0.1) is 0 Å². The zero-order valence-electron chi connectivity index (χ0n) is 14.4. The molecule has 0 saturated carbocycles. The van der Waals surface area contributed by atoms with Crippen molar-refractivity contribution in [2.75, 3.05) is 10.8 Å². The molecule has 2 rings (SSSR count). The molecule has 0 radical (unpaired) electrons. The second-order valence-corrected chi connectivity index (χ2v) is 8.05. The minimum absolute atomic E-state index is 0.0996. The average molecular weight is 415 g/mol. The van der Waals surface area contributed by atoms with Crippen molar-refractivity contribution in [1.82, 2.24) is 0 Å². The molecule has 1 atom stereocenters. The predicted octanol–water partition coefficient (Wildman–Crippen LogP) is 5.29. The van der Waals surface area contributed by atoms with E-state index in [4.69, 9.17) is 17.1 Å². The first-order valence-corrected chi connectivity index (χ1v) is 9.85. The molecule has 6 nitrogen and oxygen atoms in total. The Morgan fingerprint density at radius 1 is 1.22 bits per heavy atom. The molecule has 0 fully saturated rings. The molecular weight excluding hydrogens is 398 g/mol. The number of azide groups is 1. The van der Waals surface area contributed by atoms with Crippen LogP contribution < -0.4 is 4.31 Å². The van der Waals surface area contributed by atoms with Crippen LogP contribution in [0.4, 0.5) is 14.5 Å². The topological polar surface area (TPSA) is 86.1 Å². The summed E-state index contributed by atoms with van der Waals surface area (Å²) in [5.41, 5.74) is 7.95. The second-order valence-electron chi connectivity index (χ2n) is 5.80. The maximum atomic E-state index is 14.4. The minimum Gasteiger partial charge on any atom is -0.260 e. The van der Waals surface area contributed by atoms with Gasteiger partial charge in [0, 0.05) is 28.6 Å². The molecule has 0 aliphatic carbocycles. The predicted molar refractivity (Wildman–Crippen MR) is 100 cm³/mol. The fourth-order valence-electron chi connectivity index (χ4n) is 2.60. The van der Waals surface area contributed by atoms with E-state index in [2.05, 4.69) is 10.0 Å². The van der Waals surface area contributed by atoms with Crippen molar-refractivity contribution in [3.63, 3.8) is 0 Å². The monoisotopic (exact) mass is 414 g/mol. The summed E-state index contributed by atoms with van der Waals surface area (Å²) in [6, 6.07) is 7.33. The van der Waals surface area contributed by atoms with Crippen LogP contribution >= 0.6 is 11.6 Å². The van der Waals surface area contributed by atoms with Crippen LogP contribution in [0.2, 0.25) is 5.02 Å². The van der Waals surface area contributed by atoms with Gasteiger partial charge < -0.3 is 0 Å². The Bertz CT molecular complexity index is 948. The van der Waals surface area contributed by atoms with Gasteiger partial charge in [0.25, 0.3) is 10.0 Å². The fourth-order valence-corrected chi connectivity index (χ4v) is 4.41. The smallest absolute Gasteiger partial charge is 0.260 e. The molecule has 0 heterocycles. The summed E-state index contributed by atoms with van der Waals surface area (Å²) in [7, 11) is -4.19. The number of halogens is 3. The lowest BCUT2D eigenvalue weighted by Gasteiger charge is -2.31. The number of anilines is 1. The van der Waals surface area contributed by atoms with Crippen LogP contribution in [0.5, 0.6) is 0 Å². The molecular formula is C17H17ClF2N4O2S. The lowest BCUT2D eigenvalue weighted by Crippen LogP contribution is -2.39. The van der Waals surface area contributed by atoms with Crippen LogP contribution in [0, 0.1) is 11.6 Å². The summed E-state index contributed by atoms with van der Waals surface area (Å²) in [6.45, 7) is 1.75. The molecule has 2 aromatic rings. The number of hydrogen-bond acceptors (Lipinski definition) is 3. The molecule has 10 heteroatoms. The van der Waals surface area contributed by atoms with Crippen LogP contribution in [0.25, 0.3) is 10.4 Å². The highest BCUT2D eigenvalue weighted by Gasteiger charge is 2.31. The third-order valence-corrected chi connectivity index (χ3v) is 6.05. The van der Waals surface area contributed by atoms with Crippen molar-refractivity contribution in [3.8, 4) is 0 Å².